The third-order valence-electron chi connectivity index (χ3n) is 5.15. The Morgan fingerprint density at radius 2 is 1.96 bits per heavy atom. The van der Waals surface area contributed by atoms with Crippen LogP contribution in [0.2, 0.25) is 0 Å². The van der Waals surface area contributed by atoms with Crippen molar-refractivity contribution in [3.05, 3.63) is 71.2 Å². The Balaban J connectivity index is 1.67. The smallest absolute Gasteiger partial charge is 0.226 e. The zero-order chi connectivity index (χ0) is 18.4. The van der Waals surface area contributed by atoms with Crippen molar-refractivity contribution in [3.8, 4) is 11.4 Å². The number of Topliss-reactive ketones (excluding diaryl/α,β-unsaturated/α-hetero) is 1. The van der Waals surface area contributed by atoms with E-state index in [0.29, 0.717) is 18.2 Å². The molecule has 3 aromatic rings. The number of pyridine rings is 1. The average Bonchev–Trinajstić information content (AvgIpc) is 3.11. The van der Waals surface area contributed by atoms with Crippen molar-refractivity contribution in [2.45, 2.75) is 32.2 Å². The number of carbonyl (C=O) groups excluding carboxylic acids is 1. The van der Waals surface area contributed by atoms with Crippen LogP contribution < -0.4 is 5.32 Å². The molecule has 27 heavy (non-hydrogen) atoms. The van der Waals surface area contributed by atoms with Crippen LogP contribution >= 0.6 is 0 Å². The van der Waals surface area contributed by atoms with E-state index in [2.05, 4.69) is 17.2 Å². The summed E-state index contributed by atoms with van der Waals surface area (Å²) in [6, 6.07) is 13.6. The van der Waals surface area contributed by atoms with E-state index >= 15 is 0 Å². The highest BCUT2D eigenvalue weighted by molar-refractivity contribution is 5.99. The van der Waals surface area contributed by atoms with Gasteiger partial charge in [0.15, 0.2) is 11.6 Å². The summed E-state index contributed by atoms with van der Waals surface area (Å²) in [7, 11) is 0. The number of nitrogens with zero attached hydrogens (tertiary/aromatic N) is 4. The minimum atomic E-state index is -0.336. The highest BCUT2D eigenvalue weighted by Gasteiger charge is 2.37. The first kappa shape index (κ1) is 15.9. The second kappa shape index (κ2) is 6.16. The number of hydrogen-bond donors (Lipinski definition) is 1. The fraction of sp³-hybridized carbons (Fsp3) is 0.238. The van der Waals surface area contributed by atoms with Gasteiger partial charge in [-0.3, -0.25) is 9.78 Å². The monoisotopic (exact) mass is 357 g/mol. The van der Waals surface area contributed by atoms with Crippen molar-refractivity contribution in [2.24, 2.45) is 0 Å². The van der Waals surface area contributed by atoms with Crippen LogP contribution in [0.5, 0.6) is 0 Å². The molecule has 1 aliphatic heterocycles. The molecule has 5 rings (SSSR count). The van der Waals surface area contributed by atoms with Crippen molar-refractivity contribution < 1.29 is 4.79 Å². The second-order valence-corrected chi connectivity index (χ2v) is 7.02. The van der Waals surface area contributed by atoms with Crippen LogP contribution in [0, 0.1) is 6.92 Å². The van der Waals surface area contributed by atoms with Crippen LogP contribution in [0.15, 0.2) is 59.9 Å². The minimum Gasteiger partial charge on any atom is -0.328 e. The maximum atomic E-state index is 12.7. The Kier molecular flexibility index (Phi) is 3.63. The lowest BCUT2D eigenvalue weighted by molar-refractivity contribution is -0.116. The number of fused-ring (bicyclic) bond motifs is 1. The van der Waals surface area contributed by atoms with E-state index in [9.17, 15) is 4.79 Å². The molecule has 0 saturated carbocycles. The molecule has 134 valence electrons. The number of carbonyl (C=O) groups is 1. The summed E-state index contributed by atoms with van der Waals surface area (Å²) in [5.41, 5.74) is 4.68. The fourth-order valence-electron chi connectivity index (χ4n) is 3.79. The molecule has 1 atom stereocenters. The molecule has 0 radical (unpaired) electrons. The van der Waals surface area contributed by atoms with Gasteiger partial charge in [0.1, 0.15) is 6.04 Å². The van der Waals surface area contributed by atoms with Gasteiger partial charge in [-0.15, -0.1) is 5.10 Å². The average molecular weight is 357 g/mol. The van der Waals surface area contributed by atoms with Gasteiger partial charge in [-0.1, -0.05) is 35.9 Å². The third kappa shape index (κ3) is 2.65. The number of aromatic nitrogens is 4. The summed E-state index contributed by atoms with van der Waals surface area (Å²) in [5.74, 6) is 1.47. The molecule has 0 saturated heterocycles. The van der Waals surface area contributed by atoms with Gasteiger partial charge >= 0.3 is 0 Å². The number of rotatable bonds is 2. The minimum absolute atomic E-state index is 0.164. The SMILES string of the molecule is Cc1ccc(-c2nc3n(n2)C(c2ccccn2)C2=C(CCCC2=O)N3)cc1. The Morgan fingerprint density at radius 3 is 2.74 bits per heavy atom. The molecule has 3 heterocycles. The van der Waals surface area contributed by atoms with Gasteiger partial charge in [0.05, 0.1) is 5.69 Å². The third-order valence-corrected chi connectivity index (χ3v) is 5.15. The molecule has 2 aromatic heterocycles. The second-order valence-electron chi connectivity index (χ2n) is 7.02. The normalized spacial score (nSPS) is 18.7. The standard InChI is InChI=1S/C21H19N5O/c1-13-8-10-14(11-9-13)20-24-21-23-15-6-4-7-17(27)18(15)19(26(21)25-20)16-5-2-3-12-22-16/h2-3,5,8-12,19H,4,6-7H2,1H3,(H,23,24,25). The molecule has 0 amide bonds. The molecular formula is C21H19N5O. The van der Waals surface area contributed by atoms with Gasteiger partial charge in [0, 0.05) is 29.5 Å². The number of nitrogens with one attached hydrogen (secondary N) is 1. The van der Waals surface area contributed by atoms with E-state index in [1.807, 2.05) is 42.5 Å². The molecule has 1 unspecified atom stereocenters. The predicted octanol–water partition coefficient (Wildman–Crippen LogP) is 3.67. The topological polar surface area (TPSA) is 72.7 Å². The largest absolute Gasteiger partial charge is 0.328 e. The van der Waals surface area contributed by atoms with Crippen LogP contribution in [0.25, 0.3) is 11.4 Å². The van der Waals surface area contributed by atoms with Gasteiger partial charge in [-0.2, -0.15) is 4.98 Å². The van der Waals surface area contributed by atoms with Crippen molar-refractivity contribution in [1.29, 1.82) is 0 Å². The molecule has 6 heteroatoms. The molecular weight excluding hydrogens is 338 g/mol. The predicted molar refractivity (Wildman–Crippen MR) is 102 cm³/mol. The van der Waals surface area contributed by atoms with Crippen LogP contribution in [-0.4, -0.2) is 25.5 Å². The Labute approximate surface area is 157 Å². The number of anilines is 1. The van der Waals surface area contributed by atoms with Crippen molar-refractivity contribution in [2.75, 3.05) is 5.32 Å². The van der Waals surface area contributed by atoms with Crippen LogP contribution in [0.4, 0.5) is 5.95 Å². The number of aryl methyl sites for hydroxylation is 1. The Bertz CT molecular complexity index is 1050. The van der Waals surface area contributed by atoms with Crippen molar-refractivity contribution >= 4 is 11.7 Å². The van der Waals surface area contributed by atoms with E-state index in [4.69, 9.17) is 10.1 Å². The summed E-state index contributed by atoms with van der Waals surface area (Å²) in [6.45, 7) is 2.05. The maximum absolute atomic E-state index is 12.7. The van der Waals surface area contributed by atoms with Gasteiger partial charge in [-0.05, 0) is 31.9 Å². The Hall–Kier alpha value is -3.28. The summed E-state index contributed by atoms with van der Waals surface area (Å²) in [6.07, 6.45) is 4.02. The fourth-order valence-corrected chi connectivity index (χ4v) is 3.79. The highest BCUT2D eigenvalue weighted by Crippen LogP contribution is 2.39. The molecule has 2 aliphatic rings. The number of hydrogen-bond acceptors (Lipinski definition) is 5. The number of ketones is 1. The van der Waals surface area contributed by atoms with Gasteiger partial charge < -0.3 is 5.32 Å². The lowest BCUT2D eigenvalue weighted by atomic mass is 9.87. The number of benzene rings is 1. The summed E-state index contributed by atoms with van der Waals surface area (Å²) < 4.78 is 1.81. The molecule has 1 N–H and O–H groups in total. The van der Waals surface area contributed by atoms with E-state index < -0.39 is 0 Å². The zero-order valence-corrected chi connectivity index (χ0v) is 15.0. The maximum Gasteiger partial charge on any atom is 0.226 e. The number of allylic oxidation sites excluding steroid dienone is 2. The molecule has 0 fully saturated rings. The van der Waals surface area contributed by atoms with Gasteiger partial charge in [-0.25, -0.2) is 4.68 Å². The van der Waals surface area contributed by atoms with Crippen LogP contribution in [0.1, 0.15) is 36.6 Å². The van der Waals surface area contributed by atoms with Gasteiger partial charge in [0.25, 0.3) is 0 Å². The quantitative estimate of drug-likeness (QED) is 0.757. The van der Waals surface area contributed by atoms with E-state index in [0.717, 1.165) is 35.4 Å². The first-order valence-electron chi connectivity index (χ1n) is 9.18. The molecule has 0 spiro atoms. The summed E-state index contributed by atoms with van der Waals surface area (Å²) >= 11 is 0. The molecule has 1 aromatic carbocycles. The van der Waals surface area contributed by atoms with E-state index in [-0.39, 0.29) is 11.8 Å². The zero-order valence-electron chi connectivity index (χ0n) is 15.0. The first-order chi connectivity index (χ1) is 13.2. The lowest BCUT2D eigenvalue weighted by Crippen LogP contribution is -2.32. The van der Waals surface area contributed by atoms with Gasteiger partial charge in [0.2, 0.25) is 5.95 Å². The summed E-state index contributed by atoms with van der Waals surface area (Å²) in [5, 5.41) is 8.10. The molecule has 0 bridgehead atoms. The van der Waals surface area contributed by atoms with Crippen molar-refractivity contribution in [1.82, 2.24) is 19.7 Å². The van der Waals surface area contributed by atoms with E-state index in [1.54, 1.807) is 10.9 Å². The highest BCUT2D eigenvalue weighted by atomic mass is 16.1. The van der Waals surface area contributed by atoms with Crippen molar-refractivity contribution in [3.63, 3.8) is 0 Å². The molecule has 6 nitrogen and oxygen atoms in total. The van der Waals surface area contributed by atoms with Crippen LogP contribution in [-0.2, 0) is 4.79 Å². The Morgan fingerprint density at radius 1 is 1.11 bits per heavy atom. The summed E-state index contributed by atoms with van der Waals surface area (Å²) in [4.78, 5) is 22.0. The van der Waals surface area contributed by atoms with E-state index in [1.165, 1.54) is 5.56 Å². The molecule has 1 aliphatic carbocycles. The first-order valence-corrected chi connectivity index (χ1v) is 9.18. The van der Waals surface area contributed by atoms with Crippen LogP contribution in [0.3, 0.4) is 0 Å². The lowest BCUT2D eigenvalue weighted by Gasteiger charge is -2.31.